The fraction of sp³-hybridized carbons (Fsp3) is 0.591. The molecule has 156 valence electrons. The first-order valence-corrected chi connectivity index (χ1v) is 10.7. The number of pyridine rings is 1. The summed E-state index contributed by atoms with van der Waals surface area (Å²) in [4.78, 5) is 27.9. The van der Waals surface area contributed by atoms with E-state index in [2.05, 4.69) is 48.2 Å². The van der Waals surface area contributed by atoms with Gasteiger partial charge in [-0.1, -0.05) is 13.8 Å². The fourth-order valence-corrected chi connectivity index (χ4v) is 4.72. The summed E-state index contributed by atoms with van der Waals surface area (Å²) < 4.78 is 1.80. The molecule has 0 spiro atoms. The molecular weight excluding hydrogens is 366 g/mol. The molecule has 2 saturated heterocycles. The van der Waals surface area contributed by atoms with Gasteiger partial charge in [0.25, 0.3) is 0 Å². The third-order valence-electron chi connectivity index (χ3n) is 6.16. The van der Waals surface area contributed by atoms with Crippen molar-refractivity contribution in [3.05, 3.63) is 30.1 Å². The van der Waals surface area contributed by atoms with E-state index in [0.29, 0.717) is 30.8 Å². The monoisotopic (exact) mass is 397 g/mol. The second-order valence-electron chi connectivity index (χ2n) is 8.98. The number of aromatic nitrogens is 2. The summed E-state index contributed by atoms with van der Waals surface area (Å²) in [5, 5.41) is 6.78. The zero-order chi connectivity index (χ0) is 20.5. The number of hydrogen-bond acceptors (Lipinski definition) is 4. The first-order chi connectivity index (χ1) is 13.9. The van der Waals surface area contributed by atoms with Crippen LogP contribution < -0.4 is 10.2 Å². The van der Waals surface area contributed by atoms with Gasteiger partial charge in [-0.25, -0.2) is 9.31 Å². The largest absolute Gasteiger partial charge is 0.328 e. The first-order valence-electron chi connectivity index (χ1n) is 10.7. The highest BCUT2D eigenvalue weighted by molar-refractivity contribution is 6.07. The van der Waals surface area contributed by atoms with Crippen LogP contribution in [-0.4, -0.2) is 52.1 Å². The third-order valence-corrected chi connectivity index (χ3v) is 6.16. The summed E-state index contributed by atoms with van der Waals surface area (Å²) >= 11 is 0. The van der Waals surface area contributed by atoms with Crippen LogP contribution >= 0.6 is 0 Å². The number of carbonyl (C=O) groups excluding carboxylic acids is 2. The third kappa shape index (κ3) is 4.29. The fourth-order valence-electron chi connectivity index (χ4n) is 4.72. The van der Waals surface area contributed by atoms with E-state index in [9.17, 15) is 9.59 Å². The van der Waals surface area contributed by atoms with Crippen LogP contribution in [0, 0.1) is 11.8 Å². The highest BCUT2D eigenvalue weighted by Gasteiger charge is 2.28. The van der Waals surface area contributed by atoms with E-state index in [-0.39, 0.29) is 11.9 Å². The van der Waals surface area contributed by atoms with Crippen molar-refractivity contribution >= 4 is 23.1 Å². The molecule has 2 aromatic heterocycles. The maximum absolute atomic E-state index is 12.2. The lowest BCUT2D eigenvalue weighted by Gasteiger charge is -2.38. The van der Waals surface area contributed by atoms with E-state index in [1.54, 1.807) is 15.6 Å². The number of nitrogens with zero attached hydrogens (tertiary/aromatic N) is 4. The Balaban J connectivity index is 1.48. The molecule has 4 heterocycles. The predicted molar refractivity (Wildman–Crippen MR) is 113 cm³/mol. The van der Waals surface area contributed by atoms with Gasteiger partial charge in [-0.05, 0) is 62.3 Å². The summed E-state index contributed by atoms with van der Waals surface area (Å²) in [6, 6.07) is 4.54. The Labute approximate surface area is 172 Å². The van der Waals surface area contributed by atoms with Gasteiger partial charge in [0.15, 0.2) is 0 Å². The average Bonchev–Trinajstić information content (AvgIpc) is 3.07. The van der Waals surface area contributed by atoms with E-state index < -0.39 is 0 Å². The van der Waals surface area contributed by atoms with Crippen LogP contribution in [0.5, 0.6) is 0 Å². The minimum Gasteiger partial charge on any atom is -0.300 e. The number of hydrogen-bond donors (Lipinski definition) is 1. The lowest BCUT2D eigenvalue weighted by atomic mass is 9.86. The molecule has 2 fully saturated rings. The number of anilines is 1. The van der Waals surface area contributed by atoms with Crippen molar-refractivity contribution in [2.24, 2.45) is 11.8 Å². The highest BCUT2D eigenvalue weighted by atomic mass is 16.2. The Morgan fingerprint density at radius 2 is 2.10 bits per heavy atom. The molecule has 0 unspecified atom stereocenters. The van der Waals surface area contributed by atoms with Gasteiger partial charge in [0, 0.05) is 31.7 Å². The Morgan fingerprint density at radius 3 is 2.83 bits per heavy atom. The number of rotatable bonds is 5. The number of urea groups is 1. The van der Waals surface area contributed by atoms with Crippen LogP contribution in [-0.2, 0) is 11.2 Å². The zero-order valence-corrected chi connectivity index (χ0v) is 17.6. The summed E-state index contributed by atoms with van der Waals surface area (Å²) in [5.41, 5.74) is 2.96. The van der Waals surface area contributed by atoms with Crippen molar-refractivity contribution in [1.82, 2.24) is 19.8 Å². The first kappa shape index (κ1) is 19.9. The van der Waals surface area contributed by atoms with Gasteiger partial charge in [0.2, 0.25) is 5.91 Å². The van der Waals surface area contributed by atoms with Crippen molar-refractivity contribution in [1.29, 1.82) is 0 Å². The number of amides is 3. The maximum Gasteiger partial charge on any atom is 0.328 e. The normalized spacial score (nSPS) is 23.8. The molecule has 7 nitrogen and oxygen atoms in total. The molecule has 7 heteroatoms. The molecule has 2 aromatic rings. The van der Waals surface area contributed by atoms with Gasteiger partial charge < -0.3 is 4.90 Å². The number of piperidine rings is 1. The molecule has 0 aromatic carbocycles. The predicted octanol–water partition coefficient (Wildman–Crippen LogP) is 3.08. The van der Waals surface area contributed by atoms with Crippen molar-refractivity contribution in [2.75, 3.05) is 24.5 Å². The van der Waals surface area contributed by atoms with E-state index in [1.165, 1.54) is 31.5 Å². The smallest absolute Gasteiger partial charge is 0.300 e. The van der Waals surface area contributed by atoms with Gasteiger partial charge >= 0.3 is 6.03 Å². The van der Waals surface area contributed by atoms with Crippen LogP contribution in [0.4, 0.5) is 10.5 Å². The standard InChI is InChI=1S/C22H31N5O2/c1-15(2)14-25-7-4-17(10-16(25)3)11-18-5-9-27-19(12-18)20(13-23-27)26-8-6-21(28)24-22(26)29/h5,9,12-13,15-17H,4,6-8,10-11,14H2,1-3H3,(H,24,28,29)/t16-,17+/m0/s1. The highest BCUT2D eigenvalue weighted by Crippen LogP contribution is 2.29. The summed E-state index contributed by atoms with van der Waals surface area (Å²) in [5.74, 6) is 1.17. The summed E-state index contributed by atoms with van der Waals surface area (Å²) in [7, 11) is 0. The van der Waals surface area contributed by atoms with Crippen molar-refractivity contribution < 1.29 is 9.59 Å². The summed E-state index contributed by atoms with van der Waals surface area (Å²) in [6.45, 7) is 9.67. The van der Waals surface area contributed by atoms with Gasteiger partial charge in [-0.15, -0.1) is 0 Å². The topological polar surface area (TPSA) is 70.0 Å². The van der Waals surface area contributed by atoms with Crippen molar-refractivity contribution in [2.45, 2.75) is 52.5 Å². The lowest BCUT2D eigenvalue weighted by Crippen LogP contribution is -2.49. The molecule has 0 saturated carbocycles. The van der Waals surface area contributed by atoms with Crippen molar-refractivity contribution in [3.63, 3.8) is 0 Å². The number of fused-ring (bicyclic) bond motifs is 1. The number of carbonyl (C=O) groups is 2. The van der Waals surface area contributed by atoms with Gasteiger partial charge in [-0.3, -0.25) is 15.0 Å². The second kappa shape index (κ2) is 8.14. The van der Waals surface area contributed by atoms with Crippen molar-refractivity contribution in [3.8, 4) is 0 Å². The van der Waals surface area contributed by atoms with Gasteiger partial charge in [0.1, 0.15) is 0 Å². The zero-order valence-electron chi connectivity index (χ0n) is 17.6. The average molecular weight is 398 g/mol. The maximum atomic E-state index is 12.2. The molecule has 1 N–H and O–H groups in total. The molecule has 0 aliphatic carbocycles. The molecule has 4 rings (SSSR count). The van der Waals surface area contributed by atoms with Crippen LogP contribution in [0.15, 0.2) is 24.5 Å². The Kier molecular flexibility index (Phi) is 5.58. The van der Waals surface area contributed by atoms with Gasteiger partial charge in [0.05, 0.1) is 17.4 Å². The van der Waals surface area contributed by atoms with Crippen LogP contribution in [0.2, 0.25) is 0 Å². The minimum absolute atomic E-state index is 0.221. The van der Waals surface area contributed by atoms with E-state index >= 15 is 0 Å². The molecule has 2 aliphatic heterocycles. The van der Waals surface area contributed by atoms with Gasteiger partial charge in [-0.2, -0.15) is 5.10 Å². The molecule has 2 atom stereocenters. The van der Waals surface area contributed by atoms with Crippen LogP contribution in [0.25, 0.3) is 5.52 Å². The quantitative estimate of drug-likeness (QED) is 0.842. The Hall–Kier alpha value is -2.41. The second-order valence-corrected chi connectivity index (χ2v) is 8.98. The molecule has 2 aliphatic rings. The van der Waals surface area contributed by atoms with E-state index in [0.717, 1.165) is 17.6 Å². The summed E-state index contributed by atoms with van der Waals surface area (Å²) in [6.07, 6.45) is 7.49. The molecular formula is C22H31N5O2. The van der Waals surface area contributed by atoms with E-state index in [1.807, 2.05) is 6.20 Å². The Bertz CT molecular complexity index is 906. The Morgan fingerprint density at radius 1 is 1.28 bits per heavy atom. The number of imide groups is 1. The molecule has 0 radical (unpaired) electrons. The number of likely N-dealkylation sites (tertiary alicyclic amines) is 1. The molecule has 0 bridgehead atoms. The van der Waals surface area contributed by atoms with Crippen LogP contribution in [0.1, 0.15) is 45.6 Å². The minimum atomic E-state index is -0.368. The molecule has 29 heavy (non-hydrogen) atoms. The SMILES string of the molecule is CC(C)CN1CC[C@@H](Cc2ccn3ncc(N4CCC(=O)NC4=O)c3c2)C[C@@H]1C. The lowest BCUT2D eigenvalue weighted by molar-refractivity contribution is -0.120. The number of nitrogens with one attached hydrogen (secondary N) is 1. The molecule has 3 amide bonds. The van der Waals surface area contributed by atoms with E-state index in [4.69, 9.17) is 0 Å². The van der Waals surface area contributed by atoms with Crippen LogP contribution in [0.3, 0.4) is 0 Å².